The van der Waals surface area contributed by atoms with E-state index in [0.29, 0.717) is 0 Å². The van der Waals surface area contributed by atoms with Crippen LogP contribution < -0.4 is 5.32 Å². The first kappa shape index (κ1) is 12.2. The number of nitrogens with one attached hydrogen (secondary N) is 1. The molecular weight excluding hydrogens is 298 g/mol. The number of rotatable bonds is 2. The predicted octanol–water partition coefficient (Wildman–Crippen LogP) is 5.06. The van der Waals surface area contributed by atoms with Crippen molar-refractivity contribution in [2.75, 3.05) is 12.4 Å². The zero-order valence-corrected chi connectivity index (χ0v) is 12.2. The van der Waals surface area contributed by atoms with Gasteiger partial charge in [0.15, 0.2) is 0 Å². The Kier molecular flexibility index (Phi) is 3.26. The molecule has 0 aliphatic heterocycles. The van der Waals surface area contributed by atoms with Crippen molar-refractivity contribution in [1.29, 1.82) is 0 Å². The van der Waals surface area contributed by atoms with Crippen LogP contribution in [0.3, 0.4) is 0 Å². The van der Waals surface area contributed by atoms with Gasteiger partial charge in [0.1, 0.15) is 0 Å². The van der Waals surface area contributed by atoms with Crippen molar-refractivity contribution in [3.8, 4) is 0 Å². The molecule has 0 heterocycles. The van der Waals surface area contributed by atoms with E-state index in [-0.39, 0.29) is 0 Å². The molecule has 3 rings (SSSR count). The lowest BCUT2D eigenvalue weighted by Crippen LogP contribution is -1.89. The lowest BCUT2D eigenvalue weighted by Gasteiger charge is -2.05. The Hall–Kier alpha value is -1.80. The van der Waals surface area contributed by atoms with Crippen molar-refractivity contribution < 1.29 is 0 Å². The maximum atomic E-state index is 3.58. The molecule has 0 unspecified atom stereocenters. The largest absolute Gasteiger partial charge is 0.387 e. The van der Waals surface area contributed by atoms with Crippen molar-refractivity contribution in [3.05, 3.63) is 69.7 Å². The summed E-state index contributed by atoms with van der Waals surface area (Å²) in [5, 5.41) is 3.15. The fourth-order valence-corrected chi connectivity index (χ4v) is 2.90. The van der Waals surface area contributed by atoms with E-state index >= 15 is 0 Å². The van der Waals surface area contributed by atoms with Gasteiger partial charge in [0, 0.05) is 17.2 Å². The minimum absolute atomic E-state index is 1.08. The molecule has 0 radical (unpaired) electrons. The lowest BCUT2D eigenvalue weighted by atomic mass is 10.0. The van der Waals surface area contributed by atoms with Crippen molar-refractivity contribution in [3.63, 3.8) is 0 Å². The molecule has 0 aromatic heterocycles. The van der Waals surface area contributed by atoms with E-state index in [2.05, 4.69) is 81.9 Å². The van der Waals surface area contributed by atoms with Gasteiger partial charge in [-0.3, -0.25) is 0 Å². The second-order valence-electron chi connectivity index (χ2n) is 4.51. The third-order valence-electron chi connectivity index (χ3n) is 3.30. The van der Waals surface area contributed by atoms with Crippen LogP contribution >= 0.6 is 15.9 Å². The topological polar surface area (TPSA) is 12.0 Å². The minimum atomic E-state index is 1.08. The number of benzene rings is 2. The number of hydrogen-bond acceptors (Lipinski definition) is 1. The van der Waals surface area contributed by atoms with Crippen LogP contribution in [0.15, 0.2) is 53.0 Å². The molecule has 2 aromatic carbocycles. The van der Waals surface area contributed by atoms with Gasteiger partial charge in [-0.2, -0.15) is 0 Å². The Labute approximate surface area is 121 Å². The van der Waals surface area contributed by atoms with Gasteiger partial charge >= 0.3 is 0 Å². The van der Waals surface area contributed by atoms with Gasteiger partial charge in [-0.25, -0.2) is 0 Å². The summed E-state index contributed by atoms with van der Waals surface area (Å²) < 4.78 is 1.08. The van der Waals surface area contributed by atoms with Crippen LogP contribution in [0.4, 0.5) is 5.69 Å². The van der Waals surface area contributed by atoms with Crippen LogP contribution in [0, 0.1) is 0 Å². The van der Waals surface area contributed by atoms with E-state index in [0.717, 1.165) is 10.2 Å². The van der Waals surface area contributed by atoms with E-state index in [1.807, 2.05) is 7.05 Å². The average molecular weight is 312 g/mol. The van der Waals surface area contributed by atoms with Gasteiger partial charge in [-0.1, -0.05) is 42.5 Å². The first-order chi connectivity index (χ1) is 9.28. The van der Waals surface area contributed by atoms with Crippen LogP contribution in [-0.2, 0) is 0 Å². The van der Waals surface area contributed by atoms with Gasteiger partial charge in [-0.15, -0.1) is 0 Å². The molecule has 0 saturated carbocycles. The third kappa shape index (κ3) is 2.36. The summed E-state index contributed by atoms with van der Waals surface area (Å²) in [5.74, 6) is 0. The van der Waals surface area contributed by atoms with Crippen LogP contribution in [0.25, 0.3) is 17.7 Å². The first-order valence-electron chi connectivity index (χ1n) is 6.24. The molecule has 1 aliphatic carbocycles. The Balaban J connectivity index is 2.00. The molecule has 0 amide bonds. The van der Waals surface area contributed by atoms with Gasteiger partial charge in [0.2, 0.25) is 0 Å². The van der Waals surface area contributed by atoms with E-state index in [1.165, 1.54) is 22.3 Å². The third-order valence-corrected chi connectivity index (χ3v) is 3.95. The van der Waals surface area contributed by atoms with Crippen molar-refractivity contribution >= 4 is 39.3 Å². The maximum absolute atomic E-state index is 3.58. The van der Waals surface area contributed by atoms with Crippen LogP contribution in [-0.4, -0.2) is 7.05 Å². The summed E-state index contributed by atoms with van der Waals surface area (Å²) in [6.07, 6.45) is 6.55. The summed E-state index contributed by atoms with van der Waals surface area (Å²) >= 11 is 3.58. The number of fused-ring (bicyclic) bond motifs is 1. The number of hydrogen-bond donors (Lipinski definition) is 1. The summed E-state index contributed by atoms with van der Waals surface area (Å²) in [4.78, 5) is 0. The Morgan fingerprint density at radius 2 is 1.89 bits per heavy atom. The minimum Gasteiger partial charge on any atom is -0.387 e. The molecule has 2 aromatic rings. The SMILES string of the molecule is CNc1ccc(/C=C2/C=Cc3ccccc32)cc1Br. The normalized spacial score (nSPS) is 14.7. The number of allylic oxidation sites excluding steroid dienone is 2. The summed E-state index contributed by atoms with van der Waals surface area (Å²) in [6, 6.07) is 14.8. The molecule has 2 heteroatoms. The van der Waals surface area contributed by atoms with Crippen molar-refractivity contribution in [1.82, 2.24) is 0 Å². The van der Waals surface area contributed by atoms with Crippen molar-refractivity contribution in [2.24, 2.45) is 0 Å². The molecule has 0 saturated heterocycles. The fourth-order valence-electron chi connectivity index (χ4n) is 2.30. The zero-order chi connectivity index (χ0) is 13.2. The Bertz CT molecular complexity index is 683. The second kappa shape index (κ2) is 5.06. The van der Waals surface area contributed by atoms with Crippen LogP contribution in [0.2, 0.25) is 0 Å². The standard InChI is InChI=1S/C17H14BrN/c1-19-17-9-6-12(11-16(17)18)10-14-8-7-13-4-2-3-5-15(13)14/h2-11,19H,1H3/b14-10-. The highest BCUT2D eigenvalue weighted by Crippen LogP contribution is 2.31. The Morgan fingerprint density at radius 3 is 2.68 bits per heavy atom. The molecule has 0 bridgehead atoms. The first-order valence-corrected chi connectivity index (χ1v) is 7.04. The molecule has 1 aliphatic rings. The smallest absolute Gasteiger partial charge is 0.0482 e. The van der Waals surface area contributed by atoms with Gasteiger partial charge in [0.25, 0.3) is 0 Å². The van der Waals surface area contributed by atoms with Gasteiger partial charge in [-0.05, 0) is 56.4 Å². The van der Waals surface area contributed by atoms with Gasteiger partial charge in [0.05, 0.1) is 0 Å². The molecule has 1 N–H and O–H groups in total. The molecule has 0 spiro atoms. The number of halogens is 1. The molecule has 1 nitrogen and oxygen atoms in total. The molecule has 94 valence electrons. The predicted molar refractivity (Wildman–Crippen MR) is 87.0 cm³/mol. The number of anilines is 1. The average Bonchev–Trinajstić information content (AvgIpc) is 2.83. The van der Waals surface area contributed by atoms with Crippen LogP contribution in [0.1, 0.15) is 16.7 Å². The molecular formula is C17H14BrN. The second-order valence-corrected chi connectivity index (χ2v) is 5.36. The summed E-state index contributed by atoms with van der Waals surface area (Å²) in [5.41, 5.74) is 6.16. The van der Waals surface area contributed by atoms with E-state index < -0.39 is 0 Å². The highest BCUT2D eigenvalue weighted by molar-refractivity contribution is 9.10. The quantitative estimate of drug-likeness (QED) is 0.817. The molecule has 19 heavy (non-hydrogen) atoms. The fraction of sp³-hybridized carbons (Fsp3) is 0.0588. The molecule has 0 fully saturated rings. The van der Waals surface area contributed by atoms with Gasteiger partial charge < -0.3 is 5.32 Å². The zero-order valence-electron chi connectivity index (χ0n) is 10.7. The highest BCUT2D eigenvalue weighted by atomic mass is 79.9. The van der Waals surface area contributed by atoms with E-state index in [4.69, 9.17) is 0 Å². The van der Waals surface area contributed by atoms with Crippen LogP contribution in [0.5, 0.6) is 0 Å². The summed E-state index contributed by atoms with van der Waals surface area (Å²) in [6.45, 7) is 0. The maximum Gasteiger partial charge on any atom is 0.0482 e. The van der Waals surface area contributed by atoms with E-state index in [9.17, 15) is 0 Å². The monoisotopic (exact) mass is 311 g/mol. The highest BCUT2D eigenvalue weighted by Gasteiger charge is 2.09. The summed E-state index contributed by atoms with van der Waals surface area (Å²) in [7, 11) is 1.92. The lowest BCUT2D eigenvalue weighted by molar-refractivity contribution is 1.48. The Morgan fingerprint density at radius 1 is 1.05 bits per heavy atom. The van der Waals surface area contributed by atoms with E-state index in [1.54, 1.807) is 0 Å². The van der Waals surface area contributed by atoms with Crippen molar-refractivity contribution in [2.45, 2.75) is 0 Å². The molecule has 0 atom stereocenters.